The van der Waals surface area contributed by atoms with E-state index in [1.807, 2.05) is 0 Å². The molecule has 3 aromatic carbocycles. The monoisotopic (exact) mass is 525 g/mol. The first-order valence-electron chi connectivity index (χ1n) is 10.3. The molecule has 2 heterocycles. The van der Waals surface area contributed by atoms with Gasteiger partial charge >= 0.3 is 5.79 Å². The van der Waals surface area contributed by atoms with Crippen molar-refractivity contribution in [3.8, 4) is 11.5 Å². The van der Waals surface area contributed by atoms with Gasteiger partial charge in [0, 0.05) is 29.2 Å². The number of carbonyl (C=O) groups excluding carboxylic acids is 1. The van der Waals surface area contributed by atoms with Gasteiger partial charge in [-0.25, -0.2) is 8.78 Å². The Morgan fingerprint density at radius 3 is 2.09 bits per heavy atom. The third kappa shape index (κ3) is 3.96. The summed E-state index contributed by atoms with van der Waals surface area (Å²) < 4.78 is 47.6. The van der Waals surface area contributed by atoms with Crippen molar-refractivity contribution in [2.24, 2.45) is 0 Å². The Balaban J connectivity index is 1.62. The molecule has 1 atom stereocenters. The molecule has 3 aromatic rings. The molecule has 2 aliphatic heterocycles. The largest absolute Gasteiger partial charge is 0.440 e. The summed E-state index contributed by atoms with van der Waals surface area (Å²) in [7, 11) is 0. The third-order valence-electron chi connectivity index (χ3n) is 5.64. The van der Waals surface area contributed by atoms with Crippen LogP contribution in [-0.2, 0) is 10.5 Å². The van der Waals surface area contributed by atoms with Crippen molar-refractivity contribution in [3.05, 3.63) is 91.9 Å². The van der Waals surface area contributed by atoms with Crippen molar-refractivity contribution in [2.45, 2.75) is 5.79 Å². The quantitative estimate of drug-likeness (QED) is 0.416. The minimum Gasteiger partial charge on any atom is -0.440 e. The molecule has 0 saturated carbocycles. The third-order valence-corrected chi connectivity index (χ3v) is 6.42. The lowest BCUT2D eigenvalue weighted by atomic mass is 9.96. The average Bonchev–Trinajstić information content (AvgIpc) is 3.17. The maximum Gasteiger partial charge on any atom is 0.309 e. The van der Waals surface area contributed by atoms with Crippen LogP contribution in [0.1, 0.15) is 21.5 Å². The number of nitrogens with zero attached hydrogens (tertiary/aromatic N) is 1. The molecule has 0 N–H and O–H groups in total. The van der Waals surface area contributed by atoms with E-state index < -0.39 is 23.3 Å². The molecule has 5 nitrogen and oxygen atoms in total. The van der Waals surface area contributed by atoms with E-state index in [-0.39, 0.29) is 38.2 Å². The van der Waals surface area contributed by atoms with Gasteiger partial charge in [0.1, 0.15) is 11.6 Å². The molecular weight excluding hydrogens is 511 g/mol. The predicted molar refractivity (Wildman–Crippen MR) is 123 cm³/mol. The molecular formula is C24H16Cl3F2NO4. The molecule has 0 aliphatic carbocycles. The van der Waals surface area contributed by atoms with Crippen molar-refractivity contribution >= 4 is 40.7 Å². The first kappa shape index (κ1) is 23.2. The second-order valence-electron chi connectivity index (χ2n) is 7.75. The topological polar surface area (TPSA) is 48.0 Å². The van der Waals surface area contributed by atoms with Gasteiger partial charge in [-0.05, 0) is 42.5 Å². The van der Waals surface area contributed by atoms with E-state index in [0.29, 0.717) is 31.3 Å². The molecule has 0 aromatic heterocycles. The zero-order valence-corrected chi connectivity index (χ0v) is 19.7. The van der Waals surface area contributed by atoms with Gasteiger partial charge in [-0.15, -0.1) is 0 Å². The highest BCUT2D eigenvalue weighted by atomic mass is 35.5. The minimum atomic E-state index is -1.91. The number of hydrogen-bond donors (Lipinski definition) is 0. The lowest BCUT2D eigenvalue weighted by Crippen LogP contribution is -2.41. The maximum absolute atomic E-state index is 15.1. The predicted octanol–water partition coefficient (Wildman–Crippen LogP) is 6.07. The van der Waals surface area contributed by atoms with Gasteiger partial charge in [0.25, 0.3) is 5.91 Å². The number of fused-ring (bicyclic) bond motifs is 1. The van der Waals surface area contributed by atoms with E-state index in [1.54, 1.807) is 6.07 Å². The number of hydrogen-bond acceptors (Lipinski definition) is 4. The summed E-state index contributed by atoms with van der Waals surface area (Å²) >= 11 is 18.4. The lowest BCUT2D eigenvalue weighted by Gasteiger charge is -2.29. The molecule has 1 saturated heterocycles. The van der Waals surface area contributed by atoms with Gasteiger partial charge in [-0.1, -0.05) is 34.8 Å². The van der Waals surface area contributed by atoms with Crippen molar-refractivity contribution < 1.29 is 27.8 Å². The highest BCUT2D eigenvalue weighted by molar-refractivity contribution is 6.35. The Morgan fingerprint density at radius 1 is 0.824 bits per heavy atom. The molecule has 0 spiro atoms. The first-order chi connectivity index (χ1) is 16.3. The molecule has 2 aliphatic rings. The van der Waals surface area contributed by atoms with Crippen LogP contribution < -0.4 is 9.47 Å². The fourth-order valence-corrected chi connectivity index (χ4v) is 4.70. The Bertz CT molecular complexity index is 1250. The van der Waals surface area contributed by atoms with Crippen molar-refractivity contribution in [3.63, 3.8) is 0 Å². The van der Waals surface area contributed by atoms with Crippen LogP contribution in [0, 0.1) is 11.6 Å². The highest BCUT2D eigenvalue weighted by Crippen LogP contribution is 2.51. The number of morpholine rings is 1. The van der Waals surface area contributed by atoms with Gasteiger partial charge in [0.05, 0.1) is 34.9 Å². The number of benzene rings is 3. The first-order valence-corrected chi connectivity index (χ1v) is 11.4. The molecule has 10 heteroatoms. The zero-order chi connectivity index (χ0) is 24.0. The van der Waals surface area contributed by atoms with Crippen LogP contribution in [0.3, 0.4) is 0 Å². The number of rotatable bonds is 3. The smallest absolute Gasteiger partial charge is 0.309 e. The van der Waals surface area contributed by atoms with Gasteiger partial charge in [-0.3, -0.25) is 4.79 Å². The van der Waals surface area contributed by atoms with E-state index in [1.165, 1.54) is 35.2 Å². The Labute approximate surface area is 208 Å². The molecule has 34 heavy (non-hydrogen) atoms. The summed E-state index contributed by atoms with van der Waals surface area (Å²) in [5.74, 6) is -3.90. The van der Waals surface area contributed by atoms with Gasteiger partial charge in [0.15, 0.2) is 11.5 Å². The van der Waals surface area contributed by atoms with Crippen LogP contribution in [-0.4, -0.2) is 37.1 Å². The van der Waals surface area contributed by atoms with Crippen LogP contribution >= 0.6 is 34.8 Å². The molecule has 0 radical (unpaired) electrons. The van der Waals surface area contributed by atoms with Crippen LogP contribution in [0.4, 0.5) is 8.78 Å². The second-order valence-corrected chi connectivity index (χ2v) is 9.03. The molecule has 1 amide bonds. The Hall–Kier alpha value is -2.58. The molecule has 0 bridgehead atoms. The molecule has 0 unspecified atom stereocenters. The van der Waals surface area contributed by atoms with Gasteiger partial charge in [-0.2, -0.15) is 0 Å². The number of amides is 1. The van der Waals surface area contributed by atoms with E-state index in [0.717, 1.165) is 12.1 Å². The van der Waals surface area contributed by atoms with Crippen molar-refractivity contribution in [1.82, 2.24) is 4.90 Å². The van der Waals surface area contributed by atoms with E-state index in [2.05, 4.69) is 0 Å². The van der Waals surface area contributed by atoms with Crippen molar-refractivity contribution in [1.29, 1.82) is 0 Å². The molecule has 1 fully saturated rings. The van der Waals surface area contributed by atoms with E-state index in [4.69, 9.17) is 49.0 Å². The highest BCUT2D eigenvalue weighted by Gasteiger charge is 2.49. The Morgan fingerprint density at radius 2 is 1.44 bits per heavy atom. The van der Waals surface area contributed by atoms with Crippen molar-refractivity contribution in [2.75, 3.05) is 26.3 Å². The minimum absolute atomic E-state index is 0.0172. The standard InChI is InChI=1S/C24H16Cl3F2NO4/c25-13-1-3-16(18(27)9-13)24(17-4-2-14(26)10-20(17)29)33-21-11-15(19(28)12-22(21)34-24)23(31)30-5-7-32-8-6-30/h1-4,9-12H,5-8H2/t24-/m0/s1. The summed E-state index contributed by atoms with van der Waals surface area (Å²) in [6.07, 6.45) is 0. The summed E-state index contributed by atoms with van der Waals surface area (Å²) in [6, 6.07) is 10.8. The molecule has 5 rings (SSSR count). The van der Waals surface area contributed by atoms with E-state index in [9.17, 15) is 4.79 Å². The summed E-state index contributed by atoms with van der Waals surface area (Å²) in [4.78, 5) is 14.4. The maximum atomic E-state index is 15.1. The fourth-order valence-electron chi connectivity index (χ4n) is 4.00. The normalized spacial score (nSPS) is 19.4. The van der Waals surface area contributed by atoms with E-state index >= 15 is 8.78 Å². The SMILES string of the molecule is O=C(c1cc2c(cc1F)O[C@](c1ccc(Cl)cc1F)(c1ccc(Cl)cc1Cl)O2)N1CCOCC1. The van der Waals surface area contributed by atoms with Crippen LogP contribution in [0.15, 0.2) is 48.5 Å². The fraction of sp³-hybridized carbons (Fsp3) is 0.208. The second kappa shape index (κ2) is 8.89. The number of carbonyl (C=O) groups is 1. The Kier molecular flexibility index (Phi) is 6.06. The van der Waals surface area contributed by atoms with Crippen LogP contribution in [0.25, 0.3) is 0 Å². The van der Waals surface area contributed by atoms with Crippen LogP contribution in [0.2, 0.25) is 15.1 Å². The number of halogens is 5. The molecule has 176 valence electrons. The zero-order valence-electron chi connectivity index (χ0n) is 17.4. The number of ether oxygens (including phenoxy) is 3. The summed E-state index contributed by atoms with van der Waals surface area (Å²) in [5.41, 5.74) is -0.00456. The average molecular weight is 527 g/mol. The van der Waals surface area contributed by atoms with Crippen LogP contribution in [0.5, 0.6) is 11.5 Å². The van der Waals surface area contributed by atoms with Gasteiger partial charge < -0.3 is 19.1 Å². The summed E-state index contributed by atoms with van der Waals surface area (Å²) in [5, 5.41) is 0.652. The summed E-state index contributed by atoms with van der Waals surface area (Å²) in [6.45, 7) is 1.41. The lowest BCUT2D eigenvalue weighted by molar-refractivity contribution is -0.0486. The van der Waals surface area contributed by atoms with Gasteiger partial charge in [0.2, 0.25) is 0 Å².